The van der Waals surface area contributed by atoms with Crippen molar-refractivity contribution in [2.75, 3.05) is 18.5 Å². The van der Waals surface area contributed by atoms with Crippen LogP contribution in [-0.4, -0.2) is 13.6 Å². The molecule has 0 saturated heterocycles. The number of hydrogen-bond acceptors (Lipinski definition) is 2. The number of nitrogens with zero attached hydrogens (tertiary/aromatic N) is 1. The lowest BCUT2D eigenvalue weighted by molar-refractivity contribution is 0.628. The van der Waals surface area contributed by atoms with E-state index in [1.165, 1.54) is 12.1 Å². The van der Waals surface area contributed by atoms with Gasteiger partial charge in [-0.05, 0) is 62.0 Å². The van der Waals surface area contributed by atoms with E-state index < -0.39 is 0 Å². The maximum atomic E-state index is 13.1. The molecular weight excluding hydrogens is 275 g/mol. The molecule has 2 aromatic rings. The van der Waals surface area contributed by atoms with E-state index in [0.29, 0.717) is 5.02 Å². The Hall–Kier alpha value is -1.58. The molecule has 0 radical (unpaired) electrons. The van der Waals surface area contributed by atoms with E-state index in [2.05, 4.69) is 17.1 Å². The molecule has 0 fully saturated rings. The maximum absolute atomic E-state index is 13.1. The highest BCUT2D eigenvalue weighted by Crippen LogP contribution is 2.30. The van der Waals surface area contributed by atoms with Crippen LogP contribution in [0.2, 0.25) is 5.02 Å². The molecule has 0 heterocycles. The quantitative estimate of drug-likeness (QED) is 0.881. The van der Waals surface area contributed by atoms with Gasteiger partial charge in [-0.15, -0.1) is 0 Å². The fourth-order valence-electron chi connectivity index (χ4n) is 2.26. The zero-order valence-corrected chi connectivity index (χ0v) is 12.4. The summed E-state index contributed by atoms with van der Waals surface area (Å²) < 4.78 is 13.1. The second kappa shape index (κ2) is 6.73. The molecule has 0 aliphatic rings. The van der Waals surface area contributed by atoms with Gasteiger partial charge in [0.2, 0.25) is 0 Å². The molecule has 0 atom stereocenters. The van der Waals surface area contributed by atoms with Crippen LogP contribution in [0.1, 0.15) is 12.5 Å². The van der Waals surface area contributed by atoms with Crippen molar-refractivity contribution in [2.45, 2.75) is 13.5 Å². The summed E-state index contributed by atoms with van der Waals surface area (Å²) >= 11 is 6.07. The summed E-state index contributed by atoms with van der Waals surface area (Å²) in [7, 11) is 1.90. The lowest BCUT2D eigenvalue weighted by atomic mass is 10.1. The minimum atomic E-state index is -0.226. The molecule has 106 valence electrons. The van der Waals surface area contributed by atoms with Crippen molar-refractivity contribution in [3.8, 4) is 0 Å². The Labute approximate surface area is 124 Å². The zero-order valence-electron chi connectivity index (χ0n) is 11.7. The molecule has 0 saturated carbocycles. The normalized spacial score (nSPS) is 10.6. The van der Waals surface area contributed by atoms with E-state index >= 15 is 0 Å². The first-order valence-electron chi connectivity index (χ1n) is 6.62. The number of halogens is 2. The smallest absolute Gasteiger partial charge is 0.123 e. The molecule has 4 heteroatoms. The summed E-state index contributed by atoms with van der Waals surface area (Å²) in [6.45, 7) is 3.60. The van der Waals surface area contributed by atoms with Gasteiger partial charge in [-0.2, -0.15) is 0 Å². The number of nitrogens with one attached hydrogen (secondary N) is 1. The summed E-state index contributed by atoms with van der Waals surface area (Å²) in [6.07, 6.45) is 0. The van der Waals surface area contributed by atoms with Crippen molar-refractivity contribution in [2.24, 2.45) is 0 Å². The second-order valence-electron chi connectivity index (χ2n) is 4.52. The van der Waals surface area contributed by atoms with Gasteiger partial charge in [0.15, 0.2) is 0 Å². The van der Waals surface area contributed by atoms with Crippen LogP contribution >= 0.6 is 11.6 Å². The summed E-state index contributed by atoms with van der Waals surface area (Å²) in [5.41, 5.74) is 3.16. The van der Waals surface area contributed by atoms with Crippen LogP contribution in [0.4, 0.5) is 15.8 Å². The Morgan fingerprint density at radius 1 is 1.15 bits per heavy atom. The molecule has 2 nitrogen and oxygen atoms in total. The summed E-state index contributed by atoms with van der Waals surface area (Å²) in [4.78, 5) is 2.14. The molecule has 0 unspecified atom stereocenters. The molecule has 2 rings (SSSR count). The van der Waals surface area contributed by atoms with Crippen LogP contribution in [0.3, 0.4) is 0 Å². The first kappa shape index (κ1) is 14.8. The molecule has 2 aromatic carbocycles. The summed E-state index contributed by atoms with van der Waals surface area (Å²) in [6, 6.07) is 12.4. The Balaban J connectivity index is 2.43. The van der Waals surface area contributed by atoms with Crippen LogP contribution in [0.15, 0.2) is 42.5 Å². The van der Waals surface area contributed by atoms with E-state index in [0.717, 1.165) is 30.0 Å². The number of rotatable bonds is 5. The van der Waals surface area contributed by atoms with Crippen LogP contribution in [0.5, 0.6) is 0 Å². The number of benzene rings is 2. The number of hydrogen-bond donors (Lipinski definition) is 1. The van der Waals surface area contributed by atoms with Crippen LogP contribution in [-0.2, 0) is 6.54 Å². The highest BCUT2D eigenvalue weighted by atomic mass is 35.5. The predicted octanol–water partition coefficient (Wildman–Crippen LogP) is 4.36. The van der Waals surface area contributed by atoms with Gasteiger partial charge in [-0.25, -0.2) is 4.39 Å². The average Bonchev–Trinajstić information content (AvgIpc) is 2.44. The van der Waals surface area contributed by atoms with Crippen LogP contribution in [0, 0.1) is 5.82 Å². The van der Waals surface area contributed by atoms with Gasteiger partial charge in [0, 0.05) is 29.5 Å². The van der Waals surface area contributed by atoms with Gasteiger partial charge < -0.3 is 10.2 Å². The first-order valence-corrected chi connectivity index (χ1v) is 6.99. The molecular formula is C16H18ClFN2. The van der Waals surface area contributed by atoms with Crippen molar-refractivity contribution < 1.29 is 4.39 Å². The SMILES string of the molecule is CCN(c1ccc(F)cc1)c1ccc(Cl)cc1CNC. The molecule has 0 aliphatic carbocycles. The molecule has 0 bridgehead atoms. The van der Waals surface area contributed by atoms with Crippen LogP contribution < -0.4 is 10.2 Å². The Morgan fingerprint density at radius 2 is 1.85 bits per heavy atom. The Bertz CT molecular complexity index is 569. The lowest BCUT2D eigenvalue weighted by Gasteiger charge is -2.26. The minimum Gasteiger partial charge on any atom is -0.342 e. The van der Waals surface area contributed by atoms with Crippen LogP contribution in [0.25, 0.3) is 0 Å². The van der Waals surface area contributed by atoms with Crippen molar-refractivity contribution in [3.05, 3.63) is 58.9 Å². The third kappa shape index (κ3) is 3.30. The molecule has 0 amide bonds. The predicted molar refractivity (Wildman–Crippen MR) is 83.3 cm³/mol. The van der Waals surface area contributed by atoms with E-state index in [4.69, 9.17) is 11.6 Å². The van der Waals surface area contributed by atoms with Gasteiger partial charge in [-0.1, -0.05) is 11.6 Å². The van der Waals surface area contributed by atoms with Crippen molar-refractivity contribution >= 4 is 23.0 Å². The van der Waals surface area contributed by atoms with Gasteiger partial charge in [0.05, 0.1) is 0 Å². The van der Waals surface area contributed by atoms with E-state index in [-0.39, 0.29) is 5.82 Å². The average molecular weight is 293 g/mol. The van der Waals surface area contributed by atoms with E-state index in [9.17, 15) is 4.39 Å². The standard InChI is InChI=1S/C16H18ClFN2/c1-3-20(15-7-5-14(18)6-8-15)16-9-4-13(17)10-12(16)11-19-2/h4-10,19H,3,11H2,1-2H3. The molecule has 1 N–H and O–H groups in total. The molecule has 0 spiro atoms. The fraction of sp³-hybridized carbons (Fsp3) is 0.250. The fourth-order valence-corrected chi connectivity index (χ4v) is 2.46. The second-order valence-corrected chi connectivity index (χ2v) is 4.96. The maximum Gasteiger partial charge on any atom is 0.123 e. The van der Waals surface area contributed by atoms with Gasteiger partial charge in [0.25, 0.3) is 0 Å². The summed E-state index contributed by atoms with van der Waals surface area (Å²) in [5.74, 6) is -0.226. The van der Waals surface area contributed by atoms with Gasteiger partial charge >= 0.3 is 0 Å². The molecule has 0 aliphatic heterocycles. The summed E-state index contributed by atoms with van der Waals surface area (Å²) in [5, 5.41) is 3.86. The minimum absolute atomic E-state index is 0.226. The lowest BCUT2D eigenvalue weighted by Crippen LogP contribution is -2.19. The highest BCUT2D eigenvalue weighted by Gasteiger charge is 2.12. The van der Waals surface area contributed by atoms with Gasteiger partial charge in [-0.3, -0.25) is 0 Å². The molecule has 20 heavy (non-hydrogen) atoms. The van der Waals surface area contributed by atoms with E-state index in [1.807, 2.05) is 25.2 Å². The van der Waals surface area contributed by atoms with Gasteiger partial charge in [0.1, 0.15) is 5.82 Å². The van der Waals surface area contributed by atoms with Crippen molar-refractivity contribution in [3.63, 3.8) is 0 Å². The topological polar surface area (TPSA) is 15.3 Å². The number of anilines is 2. The molecule has 0 aromatic heterocycles. The van der Waals surface area contributed by atoms with E-state index in [1.54, 1.807) is 12.1 Å². The van der Waals surface area contributed by atoms with Crippen molar-refractivity contribution in [1.82, 2.24) is 5.32 Å². The first-order chi connectivity index (χ1) is 9.65. The monoisotopic (exact) mass is 292 g/mol. The Kier molecular flexibility index (Phi) is 4.99. The highest BCUT2D eigenvalue weighted by molar-refractivity contribution is 6.30. The Morgan fingerprint density at radius 3 is 2.45 bits per heavy atom. The third-order valence-electron chi connectivity index (χ3n) is 3.15. The zero-order chi connectivity index (χ0) is 14.5. The van der Waals surface area contributed by atoms with Crippen molar-refractivity contribution in [1.29, 1.82) is 0 Å². The third-order valence-corrected chi connectivity index (χ3v) is 3.39. The largest absolute Gasteiger partial charge is 0.342 e.